The fraction of sp³-hybridized carbons (Fsp3) is 0.333. The summed E-state index contributed by atoms with van der Waals surface area (Å²) in [6, 6.07) is 0. The summed E-state index contributed by atoms with van der Waals surface area (Å²) < 4.78 is 0. The summed E-state index contributed by atoms with van der Waals surface area (Å²) in [6.45, 7) is 5.06. The van der Waals surface area contributed by atoms with Crippen molar-refractivity contribution in [3.63, 3.8) is 0 Å². The van der Waals surface area contributed by atoms with Crippen molar-refractivity contribution >= 4 is 12.3 Å². The van der Waals surface area contributed by atoms with Crippen molar-refractivity contribution in [2.45, 2.75) is 20.8 Å². The van der Waals surface area contributed by atoms with Crippen molar-refractivity contribution in [2.24, 2.45) is 0 Å². The highest BCUT2D eigenvalue weighted by Gasteiger charge is 1.93. The van der Waals surface area contributed by atoms with Crippen molar-refractivity contribution in [3.05, 3.63) is 23.8 Å². The quantitative estimate of drug-likeness (QED) is 0.507. The highest BCUT2D eigenvalue weighted by atomic mass is 16.4. The molecule has 3 heteroatoms. The topological polar surface area (TPSA) is 54.4 Å². The second-order valence-corrected chi connectivity index (χ2v) is 1.94. The molecule has 0 saturated carbocycles. The number of rotatable bonds is 2. The van der Waals surface area contributed by atoms with Gasteiger partial charge in [0.15, 0.2) is 0 Å². The molecule has 0 amide bonds. The van der Waals surface area contributed by atoms with Gasteiger partial charge < -0.3 is 5.11 Å². The number of carboxylic acids is 1. The molecule has 0 aromatic rings. The van der Waals surface area contributed by atoms with E-state index >= 15 is 0 Å². The van der Waals surface area contributed by atoms with Gasteiger partial charge in [-0.05, 0) is 26.8 Å². The van der Waals surface area contributed by atoms with Crippen LogP contribution in [0.4, 0.5) is 0 Å². The highest BCUT2D eigenvalue weighted by molar-refractivity contribution is 5.85. The average molecular weight is 170 g/mol. The van der Waals surface area contributed by atoms with Gasteiger partial charge in [-0.25, -0.2) is 4.79 Å². The molecule has 3 nitrogen and oxygen atoms in total. The summed E-state index contributed by atoms with van der Waals surface area (Å²) in [4.78, 5) is 19.2. The number of hydrogen-bond acceptors (Lipinski definition) is 2. The van der Waals surface area contributed by atoms with E-state index in [-0.39, 0.29) is 0 Å². The first kappa shape index (κ1) is 13.2. The molecule has 0 unspecified atom stereocenters. The molecule has 0 heterocycles. The fourth-order valence-corrected chi connectivity index (χ4v) is 0.202. The van der Waals surface area contributed by atoms with Gasteiger partial charge in [0.05, 0.1) is 0 Å². The van der Waals surface area contributed by atoms with Crippen LogP contribution in [0.25, 0.3) is 0 Å². The van der Waals surface area contributed by atoms with Gasteiger partial charge in [-0.2, -0.15) is 0 Å². The summed E-state index contributed by atoms with van der Waals surface area (Å²) in [6.07, 6.45) is 5.44. The Labute approximate surface area is 72.4 Å². The molecule has 0 aliphatic heterocycles. The molecule has 0 rings (SSSR count). The van der Waals surface area contributed by atoms with Gasteiger partial charge in [-0.3, -0.25) is 4.79 Å². The Morgan fingerprint density at radius 2 is 1.83 bits per heavy atom. The molecule has 0 saturated heterocycles. The van der Waals surface area contributed by atoms with E-state index in [4.69, 9.17) is 5.11 Å². The Morgan fingerprint density at radius 1 is 1.33 bits per heavy atom. The van der Waals surface area contributed by atoms with E-state index in [0.717, 1.165) is 6.29 Å². The number of aldehydes is 1. The zero-order chi connectivity index (χ0) is 9.98. The molecule has 0 aromatic carbocycles. The van der Waals surface area contributed by atoms with Crippen molar-refractivity contribution in [3.8, 4) is 0 Å². The van der Waals surface area contributed by atoms with E-state index in [1.54, 1.807) is 32.9 Å². The molecule has 0 atom stereocenters. The van der Waals surface area contributed by atoms with Crippen LogP contribution in [0.3, 0.4) is 0 Å². The molecule has 0 spiro atoms. The monoisotopic (exact) mass is 170 g/mol. The van der Waals surface area contributed by atoms with Crippen molar-refractivity contribution < 1.29 is 14.7 Å². The van der Waals surface area contributed by atoms with Gasteiger partial charge in [-0.1, -0.05) is 12.2 Å². The number of carboxylic acid groups (broad SMARTS) is 1. The lowest BCUT2D eigenvalue weighted by Gasteiger charge is -1.84. The standard InChI is InChI=1S/C5H8O2.C4H6O/c1-3-4(2)5(6)7;1-2-3-4-5/h3H,1-2H3,(H,6,7);2-4H,1H3/b4-3+;3-2+. The Kier molecular flexibility index (Phi) is 10.6. The van der Waals surface area contributed by atoms with Crippen LogP contribution in [0.1, 0.15) is 20.8 Å². The highest BCUT2D eigenvalue weighted by Crippen LogP contribution is 1.87. The minimum absolute atomic E-state index is 0.389. The third-order valence-corrected chi connectivity index (χ3v) is 1.04. The van der Waals surface area contributed by atoms with Gasteiger partial charge >= 0.3 is 5.97 Å². The molecule has 0 bridgehead atoms. The van der Waals surface area contributed by atoms with E-state index < -0.39 is 5.97 Å². The molecule has 0 fully saturated rings. The number of allylic oxidation sites excluding steroid dienone is 3. The lowest BCUT2D eigenvalue weighted by molar-refractivity contribution is -0.132. The first-order chi connectivity index (χ1) is 5.59. The summed E-state index contributed by atoms with van der Waals surface area (Å²) in [5.41, 5.74) is 0.389. The summed E-state index contributed by atoms with van der Waals surface area (Å²) in [5.74, 6) is -0.845. The number of aliphatic carboxylic acids is 1. The van der Waals surface area contributed by atoms with Gasteiger partial charge in [-0.15, -0.1) is 0 Å². The molecule has 0 aliphatic carbocycles. The van der Waals surface area contributed by atoms with Crippen LogP contribution in [-0.4, -0.2) is 17.4 Å². The zero-order valence-corrected chi connectivity index (χ0v) is 7.57. The summed E-state index contributed by atoms with van der Waals surface area (Å²) in [5, 5.41) is 8.11. The largest absolute Gasteiger partial charge is 0.478 e. The lowest BCUT2D eigenvalue weighted by Crippen LogP contribution is -1.93. The Morgan fingerprint density at radius 3 is 1.83 bits per heavy atom. The first-order valence-corrected chi connectivity index (χ1v) is 3.52. The third-order valence-electron chi connectivity index (χ3n) is 1.04. The van der Waals surface area contributed by atoms with Crippen LogP contribution < -0.4 is 0 Å². The predicted octanol–water partition coefficient (Wildman–Crippen LogP) is 1.80. The van der Waals surface area contributed by atoms with E-state index in [1.165, 1.54) is 6.08 Å². The van der Waals surface area contributed by atoms with Crippen molar-refractivity contribution in [1.29, 1.82) is 0 Å². The minimum atomic E-state index is -0.845. The van der Waals surface area contributed by atoms with Crippen LogP contribution in [0, 0.1) is 0 Å². The minimum Gasteiger partial charge on any atom is -0.478 e. The van der Waals surface area contributed by atoms with Crippen LogP contribution in [0.15, 0.2) is 23.8 Å². The number of carbonyl (C=O) groups excluding carboxylic acids is 1. The van der Waals surface area contributed by atoms with Gasteiger partial charge in [0.1, 0.15) is 6.29 Å². The summed E-state index contributed by atoms with van der Waals surface area (Å²) in [7, 11) is 0. The van der Waals surface area contributed by atoms with Crippen LogP contribution >= 0.6 is 0 Å². The van der Waals surface area contributed by atoms with Crippen molar-refractivity contribution in [1.82, 2.24) is 0 Å². The van der Waals surface area contributed by atoms with Crippen molar-refractivity contribution in [2.75, 3.05) is 0 Å². The van der Waals surface area contributed by atoms with Crippen LogP contribution in [0.5, 0.6) is 0 Å². The molecule has 12 heavy (non-hydrogen) atoms. The Bertz CT molecular complexity index is 190. The Balaban J connectivity index is 0. The molecule has 1 N–H and O–H groups in total. The van der Waals surface area contributed by atoms with E-state index in [1.807, 2.05) is 0 Å². The second-order valence-electron chi connectivity index (χ2n) is 1.94. The molecular formula is C9H14O3. The van der Waals surface area contributed by atoms with E-state index in [9.17, 15) is 9.59 Å². The molecular weight excluding hydrogens is 156 g/mol. The molecule has 0 aromatic heterocycles. The van der Waals surface area contributed by atoms with Gasteiger partial charge in [0.25, 0.3) is 0 Å². The predicted molar refractivity (Wildman–Crippen MR) is 47.9 cm³/mol. The maximum Gasteiger partial charge on any atom is 0.330 e. The van der Waals surface area contributed by atoms with E-state index in [2.05, 4.69) is 0 Å². The van der Waals surface area contributed by atoms with Gasteiger partial charge in [0, 0.05) is 5.57 Å². The molecule has 0 aliphatic rings. The normalized spacial score (nSPS) is 10.4. The Hall–Kier alpha value is -1.38. The fourth-order valence-electron chi connectivity index (χ4n) is 0.202. The second kappa shape index (κ2) is 9.62. The number of hydrogen-bond donors (Lipinski definition) is 1. The zero-order valence-electron chi connectivity index (χ0n) is 7.57. The maximum absolute atomic E-state index is 9.86. The van der Waals surface area contributed by atoms with E-state index in [0.29, 0.717) is 5.57 Å². The smallest absolute Gasteiger partial charge is 0.330 e. The number of carbonyl (C=O) groups is 2. The molecule has 68 valence electrons. The average Bonchev–Trinajstić information content (AvgIpc) is 2.05. The molecule has 0 radical (unpaired) electrons. The first-order valence-electron chi connectivity index (χ1n) is 3.52. The summed E-state index contributed by atoms with van der Waals surface area (Å²) >= 11 is 0. The SMILES string of the molecule is C/C=C(\C)C(=O)O.C/C=C/C=O. The van der Waals surface area contributed by atoms with Crippen LogP contribution in [-0.2, 0) is 9.59 Å². The maximum atomic E-state index is 9.86. The van der Waals surface area contributed by atoms with Crippen LogP contribution in [0.2, 0.25) is 0 Å². The van der Waals surface area contributed by atoms with Gasteiger partial charge in [0.2, 0.25) is 0 Å². The third kappa shape index (κ3) is 11.4. The lowest BCUT2D eigenvalue weighted by atomic mass is 10.3.